The molecule has 0 saturated carbocycles. The molecule has 0 radical (unpaired) electrons. The predicted octanol–water partition coefficient (Wildman–Crippen LogP) is 1.38. The zero-order valence-electron chi connectivity index (χ0n) is 12.0. The molecule has 0 fully saturated rings. The lowest BCUT2D eigenvalue weighted by Gasteiger charge is -2.16. The van der Waals surface area contributed by atoms with Crippen LogP contribution in [0.15, 0.2) is 18.2 Å². The van der Waals surface area contributed by atoms with Crippen molar-refractivity contribution >= 4 is 23.3 Å². The van der Waals surface area contributed by atoms with Gasteiger partial charge in [-0.25, -0.2) is 4.79 Å². The van der Waals surface area contributed by atoms with E-state index in [9.17, 15) is 9.59 Å². The van der Waals surface area contributed by atoms with E-state index < -0.39 is 6.04 Å². The van der Waals surface area contributed by atoms with Crippen molar-refractivity contribution in [3.8, 4) is 0 Å². The summed E-state index contributed by atoms with van der Waals surface area (Å²) in [6.45, 7) is 6.17. The SMILES string of the molecule is CCNC(=O)c1ccc(NC(C)C(=O)OCC)c(N)c1. The van der Waals surface area contributed by atoms with Crippen LogP contribution in [-0.2, 0) is 9.53 Å². The standard InChI is InChI=1S/C14H21N3O3/c1-4-16-13(18)10-6-7-12(11(15)8-10)17-9(3)14(19)20-5-2/h6-9,17H,4-5,15H2,1-3H3,(H,16,18). The monoisotopic (exact) mass is 279 g/mol. The van der Waals surface area contributed by atoms with Crippen molar-refractivity contribution < 1.29 is 14.3 Å². The summed E-state index contributed by atoms with van der Waals surface area (Å²) >= 11 is 0. The van der Waals surface area contributed by atoms with Gasteiger partial charge in [0.1, 0.15) is 6.04 Å². The fraction of sp³-hybridized carbons (Fsp3) is 0.429. The van der Waals surface area contributed by atoms with Crippen LogP contribution in [0.3, 0.4) is 0 Å². The smallest absolute Gasteiger partial charge is 0.328 e. The van der Waals surface area contributed by atoms with Crippen molar-refractivity contribution in [2.24, 2.45) is 0 Å². The molecule has 0 heterocycles. The van der Waals surface area contributed by atoms with Crippen LogP contribution in [0.4, 0.5) is 11.4 Å². The highest BCUT2D eigenvalue weighted by atomic mass is 16.5. The number of esters is 1. The molecule has 110 valence electrons. The number of anilines is 2. The predicted molar refractivity (Wildman–Crippen MR) is 78.6 cm³/mol. The van der Waals surface area contributed by atoms with Gasteiger partial charge in [0.05, 0.1) is 18.0 Å². The Hall–Kier alpha value is -2.24. The molecule has 1 rings (SSSR count). The van der Waals surface area contributed by atoms with Crippen LogP contribution in [0, 0.1) is 0 Å². The quantitative estimate of drug-likeness (QED) is 0.540. The van der Waals surface area contributed by atoms with Crippen molar-refractivity contribution in [3.05, 3.63) is 23.8 Å². The van der Waals surface area contributed by atoms with Gasteiger partial charge in [-0.05, 0) is 39.0 Å². The third-order valence-electron chi connectivity index (χ3n) is 2.66. The van der Waals surface area contributed by atoms with E-state index in [4.69, 9.17) is 10.5 Å². The number of hydrogen-bond acceptors (Lipinski definition) is 5. The van der Waals surface area contributed by atoms with Crippen molar-refractivity contribution in [3.63, 3.8) is 0 Å². The topological polar surface area (TPSA) is 93.5 Å². The third-order valence-corrected chi connectivity index (χ3v) is 2.66. The minimum atomic E-state index is -0.507. The molecule has 0 spiro atoms. The molecule has 6 nitrogen and oxygen atoms in total. The molecule has 4 N–H and O–H groups in total. The van der Waals surface area contributed by atoms with Crippen LogP contribution >= 0.6 is 0 Å². The highest BCUT2D eigenvalue weighted by Gasteiger charge is 2.15. The van der Waals surface area contributed by atoms with E-state index in [2.05, 4.69) is 10.6 Å². The first-order valence-electron chi connectivity index (χ1n) is 6.60. The average Bonchev–Trinajstić information content (AvgIpc) is 2.41. The largest absolute Gasteiger partial charge is 0.464 e. The third kappa shape index (κ3) is 4.15. The molecular formula is C14H21N3O3. The van der Waals surface area contributed by atoms with Gasteiger partial charge in [0.2, 0.25) is 0 Å². The van der Waals surface area contributed by atoms with Gasteiger partial charge in [0, 0.05) is 12.1 Å². The number of carbonyl (C=O) groups excluding carboxylic acids is 2. The normalized spacial score (nSPS) is 11.6. The molecular weight excluding hydrogens is 258 g/mol. The summed E-state index contributed by atoms with van der Waals surface area (Å²) in [5.74, 6) is -0.524. The summed E-state index contributed by atoms with van der Waals surface area (Å²) in [7, 11) is 0. The van der Waals surface area contributed by atoms with Crippen LogP contribution in [0.2, 0.25) is 0 Å². The molecule has 1 atom stereocenters. The minimum Gasteiger partial charge on any atom is -0.464 e. The van der Waals surface area contributed by atoms with E-state index in [0.717, 1.165) is 0 Å². The van der Waals surface area contributed by atoms with Crippen molar-refractivity contribution in [2.75, 3.05) is 24.2 Å². The minimum absolute atomic E-state index is 0.177. The molecule has 0 bridgehead atoms. The highest BCUT2D eigenvalue weighted by molar-refractivity contribution is 5.96. The molecule has 1 unspecified atom stereocenters. The van der Waals surface area contributed by atoms with E-state index in [0.29, 0.717) is 30.1 Å². The summed E-state index contributed by atoms with van der Waals surface area (Å²) in [5, 5.41) is 5.66. The van der Waals surface area contributed by atoms with Crippen LogP contribution in [0.25, 0.3) is 0 Å². The Morgan fingerprint density at radius 3 is 2.60 bits per heavy atom. The maximum Gasteiger partial charge on any atom is 0.328 e. The molecule has 0 aliphatic carbocycles. The van der Waals surface area contributed by atoms with Crippen LogP contribution in [-0.4, -0.2) is 31.1 Å². The van der Waals surface area contributed by atoms with Gasteiger partial charge >= 0.3 is 5.97 Å². The second-order valence-corrected chi connectivity index (χ2v) is 4.28. The van der Waals surface area contributed by atoms with Crippen LogP contribution in [0.5, 0.6) is 0 Å². The lowest BCUT2D eigenvalue weighted by atomic mass is 10.1. The van der Waals surface area contributed by atoms with E-state index in [1.165, 1.54) is 0 Å². The first-order valence-corrected chi connectivity index (χ1v) is 6.60. The number of nitrogens with two attached hydrogens (primary N) is 1. The second-order valence-electron chi connectivity index (χ2n) is 4.28. The molecule has 20 heavy (non-hydrogen) atoms. The maximum absolute atomic E-state index is 11.7. The zero-order valence-corrected chi connectivity index (χ0v) is 12.0. The number of hydrogen-bond donors (Lipinski definition) is 3. The molecule has 6 heteroatoms. The fourth-order valence-electron chi connectivity index (χ4n) is 1.66. The Morgan fingerprint density at radius 2 is 2.05 bits per heavy atom. The number of nitrogen functional groups attached to an aromatic ring is 1. The molecule has 1 amide bonds. The Bertz CT molecular complexity index is 489. The number of rotatable bonds is 6. The Labute approximate surface area is 118 Å². The van der Waals surface area contributed by atoms with Gasteiger partial charge in [-0.2, -0.15) is 0 Å². The molecule has 1 aromatic carbocycles. The first-order chi connectivity index (χ1) is 9.49. The molecule has 0 aromatic heterocycles. The zero-order chi connectivity index (χ0) is 15.1. The van der Waals surface area contributed by atoms with Crippen molar-refractivity contribution in [2.45, 2.75) is 26.8 Å². The first kappa shape index (κ1) is 15.8. The lowest BCUT2D eigenvalue weighted by molar-refractivity contribution is -0.143. The Morgan fingerprint density at radius 1 is 1.35 bits per heavy atom. The lowest BCUT2D eigenvalue weighted by Crippen LogP contribution is -2.28. The fourth-order valence-corrected chi connectivity index (χ4v) is 1.66. The second kappa shape index (κ2) is 7.37. The van der Waals surface area contributed by atoms with E-state index in [-0.39, 0.29) is 11.9 Å². The van der Waals surface area contributed by atoms with Crippen LogP contribution in [0.1, 0.15) is 31.1 Å². The average molecular weight is 279 g/mol. The number of carbonyl (C=O) groups is 2. The summed E-state index contributed by atoms with van der Waals surface area (Å²) in [4.78, 5) is 23.2. The Balaban J connectivity index is 2.78. The summed E-state index contributed by atoms with van der Waals surface area (Å²) < 4.78 is 4.90. The van der Waals surface area contributed by atoms with Gasteiger partial charge in [-0.15, -0.1) is 0 Å². The number of amides is 1. The van der Waals surface area contributed by atoms with Crippen LogP contribution < -0.4 is 16.4 Å². The van der Waals surface area contributed by atoms with Gasteiger partial charge in [0.25, 0.3) is 5.91 Å². The van der Waals surface area contributed by atoms with Gasteiger partial charge < -0.3 is 21.1 Å². The summed E-state index contributed by atoms with van der Waals surface area (Å²) in [6, 6.07) is 4.40. The summed E-state index contributed by atoms with van der Waals surface area (Å²) in [6.07, 6.45) is 0. The number of nitrogens with one attached hydrogen (secondary N) is 2. The van der Waals surface area contributed by atoms with E-state index >= 15 is 0 Å². The van der Waals surface area contributed by atoms with Gasteiger partial charge in [0.15, 0.2) is 0 Å². The molecule has 0 saturated heterocycles. The van der Waals surface area contributed by atoms with Gasteiger partial charge in [-0.1, -0.05) is 0 Å². The number of benzene rings is 1. The number of ether oxygens (including phenoxy) is 1. The molecule has 1 aromatic rings. The van der Waals surface area contributed by atoms with E-state index in [1.807, 2.05) is 6.92 Å². The van der Waals surface area contributed by atoms with Gasteiger partial charge in [-0.3, -0.25) is 4.79 Å². The molecule has 0 aliphatic heterocycles. The van der Waals surface area contributed by atoms with Crippen molar-refractivity contribution in [1.29, 1.82) is 0 Å². The Kier molecular flexibility index (Phi) is 5.83. The maximum atomic E-state index is 11.7. The van der Waals surface area contributed by atoms with Crippen molar-refractivity contribution in [1.82, 2.24) is 5.32 Å². The van der Waals surface area contributed by atoms with E-state index in [1.54, 1.807) is 32.0 Å². The highest BCUT2D eigenvalue weighted by Crippen LogP contribution is 2.21. The molecule has 0 aliphatic rings. The summed E-state index contributed by atoms with van der Waals surface area (Å²) in [5.41, 5.74) is 7.37.